The Hall–Kier alpha value is -1.32. The van der Waals surface area contributed by atoms with Crippen LogP contribution in [0, 0.1) is 0 Å². The number of hydrogen-bond acceptors (Lipinski definition) is 4. The molecule has 0 bridgehead atoms. The second-order valence-electron chi connectivity index (χ2n) is 9.55. The summed E-state index contributed by atoms with van der Waals surface area (Å²) in [5.74, 6) is -0.138. The Balaban J connectivity index is 3.46. The monoisotopic (exact) mass is 424 g/mol. The van der Waals surface area contributed by atoms with E-state index >= 15 is 0 Å². The predicted molar refractivity (Wildman–Crippen MR) is 125 cm³/mol. The van der Waals surface area contributed by atoms with Crippen molar-refractivity contribution in [3.63, 3.8) is 0 Å². The molecule has 0 atom stereocenters. The molecular weight excluding hydrogens is 376 g/mol. The number of esters is 2. The van der Waals surface area contributed by atoms with Crippen LogP contribution in [0.4, 0.5) is 0 Å². The molecule has 4 nitrogen and oxygen atoms in total. The van der Waals surface area contributed by atoms with Gasteiger partial charge in [0, 0.05) is 12.8 Å². The summed E-state index contributed by atoms with van der Waals surface area (Å²) in [4.78, 5) is 23.5. The third-order valence-electron chi connectivity index (χ3n) is 5.65. The molecule has 0 saturated heterocycles. The van der Waals surface area contributed by atoms with Crippen LogP contribution in [0.25, 0.3) is 0 Å². The van der Waals surface area contributed by atoms with Crippen molar-refractivity contribution < 1.29 is 19.1 Å². The molecule has 4 heteroatoms. The zero-order valence-electron chi connectivity index (χ0n) is 20.7. The van der Waals surface area contributed by atoms with E-state index in [-0.39, 0.29) is 23.1 Å². The Morgan fingerprint density at radius 1 is 0.600 bits per heavy atom. The number of ether oxygens (including phenoxy) is 2. The average Bonchev–Trinajstić information content (AvgIpc) is 2.67. The van der Waals surface area contributed by atoms with Crippen molar-refractivity contribution in [2.45, 2.75) is 143 Å². The van der Waals surface area contributed by atoms with Gasteiger partial charge in [-0.25, -0.2) is 0 Å². The van der Waals surface area contributed by atoms with E-state index in [0.29, 0.717) is 12.8 Å². The molecule has 0 aromatic carbocycles. The van der Waals surface area contributed by atoms with Crippen LogP contribution < -0.4 is 0 Å². The molecular formula is C26H48O4. The number of carbonyl (C=O) groups is 2. The fraction of sp³-hybridized carbons (Fsp3) is 0.846. The molecule has 0 spiro atoms. The summed E-state index contributed by atoms with van der Waals surface area (Å²) in [6.45, 7) is 11.9. The molecule has 0 aromatic heterocycles. The van der Waals surface area contributed by atoms with Gasteiger partial charge in [0.25, 0.3) is 0 Å². The molecule has 0 amide bonds. The highest BCUT2D eigenvalue weighted by Crippen LogP contribution is 2.17. The second kappa shape index (κ2) is 16.4. The molecule has 0 fully saturated rings. The number of carbonyl (C=O) groups excluding carboxylic acids is 2. The van der Waals surface area contributed by atoms with Gasteiger partial charge < -0.3 is 9.47 Å². The lowest BCUT2D eigenvalue weighted by Crippen LogP contribution is -2.26. The first kappa shape index (κ1) is 28.7. The lowest BCUT2D eigenvalue weighted by atomic mass is 10.1. The van der Waals surface area contributed by atoms with E-state index in [1.165, 1.54) is 25.7 Å². The molecule has 0 rings (SSSR count). The Labute approximate surface area is 186 Å². The zero-order valence-corrected chi connectivity index (χ0v) is 20.7. The summed E-state index contributed by atoms with van der Waals surface area (Å²) < 4.78 is 10.9. The minimum Gasteiger partial charge on any atom is -0.460 e. The highest BCUT2D eigenvalue weighted by atomic mass is 16.6. The normalized spacial score (nSPS) is 12.3. The van der Waals surface area contributed by atoms with Crippen molar-refractivity contribution in [3.05, 3.63) is 12.2 Å². The van der Waals surface area contributed by atoms with E-state index in [1.807, 2.05) is 41.5 Å². The maximum absolute atomic E-state index is 11.8. The quantitative estimate of drug-likeness (QED) is 0.129. The Bertz CT molecular complexity index is 491. The summed E-state index contributed by atoms with van der Waals surface area (Å²) in [5, 5.41) is 0. The van der Waals surface area contributed by atoms with Crippen LogP contribution >= 0.6 is 0 Å². The second-order valence-corrected chi connectivity index (χ2v) is 9.55. The molecule has 0 aromatic rings. The van der Waals surface area contributed by atoms with Crippen LogP contribution in [0.1, 0.15) is 131 Å². The van der Waals surface area contributed by atoms with Gasteiger partial charge in [-0.05, 0) is 79.1 Å². The Morgan fingerprint density at radius 2 is 0.933 bits per heavy atom. The van der Waals surface area contributed by atoms with Gasteiger partial charge in [-0.2, -0.15) is 0 Å². The van der Waals surface area contributed by atoms with Crippen LogP contribution in [-0.2, 0) is 19.1 Å². The number of hydrogen-bond donors (Lipinski definition) is 0. The first-order valence-corrected chi connectivity index (χ1v) is 12.2. The van der Waals surface area contributed by atoms with Crippen molar-refractivity contribution in [3.8, 4) is 0 Å². The topological polar surface area (TPSA) is 52.6 Å². The van der Waals surface area contributed by atoms with Crippen LogP contribution in [0.2, 0.25) is 0 Å². The van der Waals surface area contributed by atoms with Crippen LogP contribution in [0.5, 0.6) is 0 Å². The van der Waals surface area contributed by atoms with Gasteiger partial charge in [0.1, 0.15) is 11.2 Å². The van der Waals surface area contributed by atoms with Gasteiger partial charge in [0.05, 0.1) is 0 Å². The molecule has 0 aliphatic rings. The SMILES string of the molecule is CCC(C)(C)OC(=O)CCCC/C=C/CCCCCCCCC(=O)OC(C)(C)CC. The smallest absolute Gasteiger partial charge is 0.306 e. The Morgan fingerprint density at radius 3 is 1.37 bits per heavy atom. The third kappa shape index (κ3) is 17.5. The van der Waals surface area contributed by atoms with E-state index in [1.54, 1.807) is 0 Å². The summed E-state index contributed by atoms with van der Waals surface area (Å²) in [7, 11) is 0. The van der Waals surface area contributed by atoms with E-state index in [2.05, 4.69) is 12.2 Å². The summed E-state index contributed by atoms with van der Waals surface area (Å²) in [5.41, 5.74) is -0.670. The zero-order chi connectivity index (χ0) is 22.9. The molecule has 0 heterocycles. The van der Waals surface area contributed by atoms with Crippen LogP contribution in [0.15, 0.2) is 12.2 Å². The van der Waals surface area contributed by atoms with Gasteiger partial charge in [-0.1, -0.05) is 51.7 Å². The molecule has 30 heavy (non-hydrogen) atoms. The number of allylic oxidation sites excluding steroid dienone is 2. The lowest BCUT2D eigenvalue weighted by Gasteiger charge is -2.23. The number of rotatable bonds is 18. The van der Waals surface area contributed by atoms with E-state index in [9.17, 15) is 9.59 Å². The summed E-state index contributed by atoms with van der Waals surface area (Å²) in [6.07, 6.45) is 18.3. The minimum absolute atomic E-state index is 0.0614. The highest BCUT2D eigenvalue weighted by molar-refractivity contribution is 5.70. The van der Waals surface area contributed by atoms with Gasteiger partial charge in [0.2, 0.25) is 0 Å². The molecule has 0 unspecified atom stereocenters. The molecule has 0 radical (unpaired) electrons. The standard InChI is InChI=1S/C26H48O4/c1-7-25(3,4)29-23(27)21-19-17-15-13-11-9-10-12-14-16-18-20-22-24(28)30-26(5,6)8-2/h11,13H,7-10,12,14-22H2,1-6H3/b13-11+. The van der Waals surface area contributed by atoms with Gasteiger partial charge in [0.15, 0.2) is 0 Å². The highest BCUT2D eigenvalue weighted by Gasteiger charge is 2.20. The van der Waals surface area contributed by atoms with E-state index < -0.39 is 0 Å². The summed E-state index contributed by atoms with van der Waals surface area (Å²) >= 11 is 0. The first-order chi connectivity index (χ1) is 14.1. The first-order valence-electron chi connectivity index (χ1n) is 12.2. The maximum atomic E-state index is 11.8. The predicted octanol–water partition coefficient (Wildman–Crippen LogP) is 7.69. The van der Waals surface area contributed by atoms with Crippen molar-refractivity contribution >= 4 is 11.9 Å². The van der Waals surface area contributed by atoms with Crippen LogP contribution in [0.3, 0.4) is 0 Å². The third-order valence-corrected chi connectivity index (χ3v) is 5.65. The van der Waals surface area contributed by atoms with Gasteiger partial charge in [-0.3, -0.25) is 9.59 Å². The van der Waals surface area contributed by atoms with Gasteiger partial charge in [-0.15, -0.1) is 0 Å². The van der Waals surface area contributed by atoms with Crippen molar-refractivity contribution in [1.29, 1.82) is 0 Å². The fourth-order valence-electron chi connectivity index (χ4n) is 2.87. The lowest BCUT2D eigenvalue weighted by molar-refractivity contribution is -0.157. The Kier molecular flexibility index (Phi) is 15.7. The van der Waals surface area contributed by atoms with E-state index in [4.69, 9.17) is 9.47 Å². The van der Waals surface area contributed by atoms with Crippen LogP contribution in [-0.4, -0.2) is 23.1 Å². The number of unbranched alkanes of at least 4 members (excludes halogenated alkanes) is 8. The van der Waals surface area contributed by atoms with E-state index in [0.717, 1.165) is 51.4 Å². The fourth-order valence-corrected chi connectivity index (χ4v) is 2.87. The van der Waals surface area contributed by atoms with Crippen molar-refractivity contribution in [1.82, 2.24) is 0 Å². The van der Waals surface area contributed by atoms with Gasteiger partial charge >= 0.3 is 11.9 Å². The van der Waals surface area contributed by atoms with Crippen molar-refractivity contribution in [2.75, 3.05) is 0 Å². The largest absolute Gasteiger partial charge is 0.460 e. The minimum atomic E-state index is -0.339. The summed E-state index contributed by atoms with van der Waals surface area (Å²) in [6, 6.07) is 0. The molecule has 0 aliphatic carbocycles. The molecule has 176 valence electrons. The molecule has 0 N–H and O–H groups in total. The average molecular weight is 425 g/mol. The molecule has 0 saturated carbocycles. The molecule has 0 aliphatic heterocycles. The maximum Gasteiger partial charge on any atom is 0.306 e. The van der Waals surface area contributed by atoms with Crippen molar-refractivity contribution in [2.24, 2.45) is 0 Å².